The van der Waals surface area contributed by atoms with E-state index in [0.29, 0.717) is 5.17 Å². The Morgan fingerprint density at radius 1 is 1.19 bits per heavy atom. The second-order valence-corrected chi connectivity index (χ2v) is 6.21. The maximum Gasteiger partial charge on any atom is 0.413 e. The van der Waals surface area contributed by atoms with Crippen LogP contribution in [0, 0.1) is 0 Å². The molecule has 0 aromatic heterocycles. The summed E-state index contributed by atoms with van der Waals surface area (Å²) in [7, 11) is 0. The molecule has 0 radical (unpaired) electrons. The lowest BCUT2D eigenvalue weighted by Crippen LogP contribution is -2.36. The standard InChI is InChI=1S/C11H22N2O2S/c1-10(2,3)13-8(16-7)12-9(14)15-11(4,5)6/h1-7H3,(H,12,13,14). The average Bonchev–Trinajstić information content (AvgIpc) is 1.96. The molecule has 0 rings (SSSR count). The Morgan fingerprint density at radius 2 is 1.69 bits per heavy atom. The van der Waals surface area contributed by atoms with Crippen LogP contribution in [0.3, 0.4) is 0 Å². The largest absolute Gasteiger partial charge is 0.444 e. The summed E-state index contributed by atoms with van der Waals surface area (Å²) in [6, 6.07) is 0. The number of amides is 1. The highest BCUT2D eigenvalue weighted by Gasteiger charge is 2.18. The van der Waals surface area contributed by atoms with Gasteiger partial charge in [-0.2, -0.15) is 0 Å². The van der Waals surface area contributed by atoms with Crippen LogP contribution in [0.2, 0.25) is 0 Å². The Labute approximate surface area is 102 Å². The third kappa shape index (κ3) is 8.59. The second-order valence-electron chi connectivity index (χ2n) is 5.42. The molecule has 5 heteroatoms. The van der Waals surface area contributed by atoms with Gasteiger partial charge < -0.3 is 4.74 Å². The van der Waals surface area contributed by atoms with Gasteiger partial charge in [0.2, 0.25) is 0 Å². The Morgan fingerprint density at radius 3 is 2.00 bits per heavy atom. The first kappa shape index (κ1) is 15.3. The molecule has 0 aliphatic heterocycles. The molecule has 0 heterocycles. The Kier molecular flexibility index (Phi) is 5.32. The molecule has 94 valence electrons. The van der Waals surface area contributed by atoms with Gasteiger partial charge in [-0.3, -0.25) is 10.3 Å². The Bertz CT molecular complexity index is 275. The summed E-state index contributed by atoms with van der Waals surface area (Å²) in [5.41, 5.74) is -0.706. The molecular weight excluding hydrogens is 224 g/mol. The Balaban J connectivity index is 4.46. The summed E-state index contributed by atoms with van der Waals surface area (Å²) >= 11 is 1.39. The number of carbonyl (C=O) groups is 1. The lowest BCUT2D eigenvalue weighted by molar-refractivity contribution is 0.0564. The van der Waals surface area contributed by atoms with Crippen LogP contribution in [0.15, 0.2) is 4.99 Å². The number of rotatable bonds is 0. The van der Waals surface area contributed by atoms with Gasteiger partial charge in [-0.1, -0.05) is 11.8 Å². The van der Waals surface area contributed by atoms with Crippen LogP contribution in [0.4, 0.5) is 4.79 Å². The van der Waals surface area contributed by atoms with E-state index in [1.165, 1.54) is 11.8 Å². The summed E-state index contributed by atoms with van der Waals surface area (Å²) in [4.78, 5) is 15.9. The van der Waals surface area contributed by atoms with Crippen molar-refractivity contribution in [3.05, 3.63) is 0 Å². The lowest BCUT2D eigenvalue weighted by Gasteiger charge is -2.21. The zero-order valence-electron chi connectivity index (χ0n) is 11.2. The molecule has 0 unspecified atom stereocenters. The first-order valence-electron chi connectivity index (χ1n) is 5.17. The maximum atomic E-state index is 11.5. The molecule has 16 heavy (non-hydrogen) atoms. The van der Waals surface area contributed by atoms with Crippen molar-refractivity contribution < 1.29 is 9.53 Å². The number of hydrogen-bond donors (Lipinski definition) is 1. The number of amidine groups is 1. The molecule has 0 aliphatic rings. The van der Waals surface area contributed by atoms with Crippen molar-refractivity contribution in [3.8, 4) is 0 Å². The fraction of sp³-hybridized carbons (Fsp3) is 0.818. The smallest absolute Gasteiger partial charge is 0.413 e. The third-order valence-corrected chi connectivity index (χ3v) is 1.82. The van der Waals surface area contributed by atoms with E-state index in [-0.39, 0.29) is 5.54 Å². The number of nitrogens with one attached hydrogen (secondary N) is 1. The van der Waals surface area contributed by atoms with Gasteiger partial charge in [-0.15, -0.1) is 0 Å². The quantitative estimate of drug-likeness (QED) is 0.528. The van der Waals surface area contributed by atoms with Gasteiger partial charge in [-0.05, 0) is 47.8 Å². The maximum absolute atomic E-state index is 11.5. The van der Waals surface area contributed by atoms with Crippen molar-refractivity contribution in [3.63, 3.8) is 0 Å². The molecule has 1 N–H and O–H groups in total. The highest BCUT2D eigenvalue weighted by molar-refractivity contribution is 8.13. The van der Waals surface area contributed by atoms with Crippen LogP contribution in [0.1, 0.15) is 41.5 Å². The number of ether oxygens (including phenoxy) is 1. The summed E-state index contributed by atoms with van der Waals surface area (Å²) in [5, 5.41) is 3.20. The highest BCUT2D eigenvalue weighted by atomic mass is 32.2. The highest BCUT2D eigenvalue weighted by Crippen LogP contribution is 2.11. The molecule has 0 spiro atoms. The summed E-state index contributed by atoms with van der Waals surface area (Å²) in [6.07, 6.45) is 1.40. The molecule has 0 atom stereocenters. The fourth-order valence-corrected chi connectivity index (χ4v) is 1.37. The topological polar surface area (TPSA) is 50.7 Å². The second kappa shape index (κ2) is 5.57. The van der Waals surface area contributed by atoms with Gasteiger partial charge >= 0.3 is 6.09 Å². The van der Waals surface area contributed by atoms with Crippen molar-refractivity contribution in [2.45, 2.75) is 52.7 Å². The van der Waals surface area contributed by atoms with Crippen LogP contribution < -0.4 is 5.32 Å². The molecule has 0 saturated heterocycles. The van der Waals surface area contributed by atoms with Gasteiger partial charge in [0.1, 0.15) is 5.60 Å². The Hall–Kier alpha value is -0.710. The van der Waals surface area contributed by atoms with E-state index in [1.54, 1.807) is 0 Å². The van der Waals surface area contributed by atoms with Crippen molar-refractivity contribution in [1.82, 2.24) is 5.32 Å². The first-order valence-corrected chi connectivity index (χ1v) is 6.40. The van der Waals surface area contributed by atoms with E-state index in [0.717, 1.165) is 0 Å². The normalized spacial score (nSPS) is 13.6. The minimum absolute atomic E-state index is 0.215. The van der Waals surface area contributed by atoms with Gasteiger partial charge in [0.05, 0.1) is 5.54 Å². The number of thioether (sulfide) groups is 1. The minimum atomic E-state index is -0.491. The van der Waals surface area contributed by atoms with Crippen molar-refractivity contribution in [2.24, 2.45) is 4.99 Å². The molecule has 0 saturated carbocycles. The van der Waals surface area contributed by atoms with Crippen LogP contribution in [-0.2, 0) is 4.74 Å². The van der Waals surface area contributed by atoms with E-state index in [9.17, 15) is 4.79 Å². The van der Waals surface area contributed by atoms with E-state index < -0.39 is 11.7 Å². The summed E-state index contributed by atoms with van der Waals surface area (Å²) in [6.45, 7) is 11.4. The summed E-state index contributed by atoms with van der Waals surface area (Å²) in [5.74, 6) is 0. The number of carbonyl (C=O) groups excluding carboxylic acids is 1. The van der Waals surface area contributed by atoms with Gasteiger partial charge in [0, 0.05) is 0 Å². The molecule has 0 aromatic carbocycles. The zero-order valence-corrected chi connectivity index (χ0v) is 12.0. The SMILES string of the molecule is CSC(=NC(C)(C)C)NC(=O)OC(C)(C)C. The van der Waals surface area contributed by atoms with Gasteiger partial charge in [0.15, 0.2) is 5.17 Å². The molecule has 0 bridgehead atoms. The third-order valence-electron chi connectivity index (χ3n) is 1.24. The first-order chi connectivity index (χ1) is 7.03. The van der Waals surface area contributed by atoms with Crippen LogP contribution in [0.5, 0.6) is 0 Å². The van der Waals surface area contributed by atoms with Gasteiger partial charge in [0.25, 0.3) is 0 Å². The average molecular weight is 246 g/mol. The fourth-order valence-electron chi connectivity index (χ4n) is 0.820. The van der Waals surface area contributed by atoms with Gasteiger partial charge in [-0.25, -0.2) is 4.79 Å². The van der Waals surface area contributed by atoms with E-state index in [4.69, 9.17) is 4.74 Å². The van der Waals surface area contributed by atoms with Crippen molar-refractivity contribution in [1.29, 1.82) is 0 Å². The molecule has 0 aliphatic carbocycles. The van der Waals surface area contributed by atoms with Crippen molar-refractivity contribution >= 4 is 23.0 Å². The zero-order chi connectivity index (χ0) is 13.0. The molecule has 0 fully saturated rings. The van der Waals surface area contributed by atoms with E-state index in [2.05, 4.69) is 10.3 Å². The number of alkyl carbamates (subject to hydrolysis) is 1. The minimum Gasteiger partial charge on any atom is -0.444 e. The predicted molar refractivity (Wildman–Crippen MR) is 70.1 cm³/mol. The van der Waals surface area contributed by atoms with Crippen LogP contribution >= 0.6 is 11.8 Å². The van der Waals surface area contributed by atoms with E-state index >= 15 is 0 Å². The predicted octanol–water partition coefficient (Wildman–Crippen LogP) is 3.03. The van der Waals surface area contributed by atoms with E-state index in [1.807, 2.05) is 47.8 Å². The number of aliphatic imine (C=N–C) groups is 1. The molecule has 4 nitrogen and oxygen atoms in total. The summed E-state index contributed by atoms with van der Waals surface area (Å²) < 4.78 is 5.14. The monoisotopic (exact) mass is 246 g/mol. The molecular formula is C11H22N2O2S. The lowest BCUT2D eigenvalue weighted by atomic mass is 10.1. The van der Waals surface area contributed by atoms with Crippen molar-refractivity contribution in [2.75, 3.05) is 6.26 Å². The van der Waals surface area contributed by atoms with Crippen LogP contribution in [0.25, 0.3) is 0 Å². The van der Waals surface area contributed by atoms with Crippen LogP contribution in [-0.4, -0.2) is 28.7 Å². The molecule has 0 aromatic rings. The number of nitrogens with zero attached hydrogens (tertiary/aromatic N) is 1. The number of hydrogen-bond acceptors (Lipinski definition) is 4. The molecule has 1 amide bonds.